The van der Waals surface area contributed by atoms with Gasteiger partial charge in [-0.05, 0) is 43.7 Å². The Kier molecular flexibility index (Phi) is 5.10. The number of carbonyl (C=O) groups is 1. The Morgan fingerprint density at radius 1 is 1.50 bits per heavy atom. The van der Waals surface area contributed by atoms with Gasteiger partial charge in [0.2, 0.25) is 0 Å². The van der Waals surface area contributed by atoms with E-state index in [1.807, 2.05) is 11.8 Å². The Balaban J connectivity index is 1.88. The summed E-state index contributed by atoms with van der Waals surface area (Å²) in [6.07, 6.45) is 3.98. The summed E-state index contributed by atoms with van der Waals surface area (Å²) in [4.78, 5) is 12.6. The zero-order valence-electron chi connectivity index (χ0n) is 11.8. The number of benzene rings is 1. The minimum absolute atomic E-state index is 0.157. The van der Waals surface area contributed by atoms with Crippen LogP contribution in [0.15, 0.2) is 29.2 Å². The molecule has 0 radical (unpaired) electrons. The van der Waals surface area contributed by atoms with Crippen LogP contribution < -0.4 is 10.6 Å². The highest BCUT2D eigenvalue weighted by Crippen LogP contribution is 2.36. The Morgan fingerprint density at radius 2 is 2.30 bits per heavy atom. The van der Waals surface area contributed by atoms with Crippen molar-refractivity contribution in [1.29, 1.82) is 0 Å². The van der Waals surface area contributed by atoms with E-state index in [0.29, 0.717) is 17.1 Å². The van der Waals surface area contributed by atoms with E-state index in [-0.39, 0.29) is 10.8 Å². The third-order valence-electron chi connectivity index (χ3n) is 3.35. The number of anilines is 1. The number of nitrogens with one attached hydrogen (secondary N) is 2. The van der Waals surface area contributed by atoms with E-state index in [1.54, 1.807) is 30.5 Å². The molecule has 1 saturated heterocycles. The molecule has 1 aliphatic rings. The molecule has 1 aliphatic heterocycles. The summed E-state index contributed by atoms with van der Waals surface area (Å²) in [5.74, 6) is 1.17. The van der Waals surface area contributed by atoms with Gasteiger partial charge >= 0.3 is 6.03 Å². The molecule has 0 saturated carbocycles. The highest BCUT2D eigenvalue weighted by molar-refractivity contribution is 8.00. The van der Waals surface area contributed by atoms with Gasteiger partial charge in [-0.1, -0.05) is 6.07 Å². The molecule has 2 amide bonds. The van der Waals surface area contributed by atoms with Crippen LogP contribution in [-0.2, 0) is 10.8 Å². The van der Waals surface area contributed by atoms with E-state index in [2.05, 4.69) is 17.6 Å². The lowest BCUT2D eigenvalue weighted by Crippen LogP contribution is -2.39. The van der Waals surface area contributed by atoms with Gasteiger partial charge in [0.1, 0.15) is 0 Å². The molecular weight excluding hydrogens is 292 g/mol. The maximum atomic E-state index is 11.9. The van der Waals surface area contributed by atoms with Crippen molar-refractivity contribution >= 4 is 34.3 Å². The monoisotopic (exact) mass is 312 g/mol. The maximum absolute atomic E-state index is 11.9. The lowest BCUT2D eigenvalue weighted by Gasteiger charge is -2.22. The smallest absolute Gasteiger partial charge is 0.319 e. The summed E-state index contributed by atoms with van der Waals surface area (Å²) in [5, 5.41) is 5.70. The largest absolute Gasteiger partial charge is 0.336 e. The molecule has 1 fully saturated rings. The predicted molar refractivity (Wildman–Crippen MR) is 85.9 cm³/mol. The molecule has 0 aliphatic carbocycles. The molecule has 1 aromatic rings. The molecule has 0 unspecified atom stereocenters. The third kappa shape index (κ3) is 4.24. The van der Waals surface area contributed by atoms with Gasteiger partial charge in [0.15, 0.2) is 0 Å². The van der Waals surface area contributed by atoms with Crippen LogP contribution >= 0.6 is 11.8 Å². The zero-order chi connectivity index (χ0) is 14.6. The minimum Gasteiger partial charge on any atom is -0.336 e. The van der Waals surface area contributed by atoms with Gasteiger partial charge in [0.25, 0.3) is 0 Å². The van der Waals surface area contributed by atoms with E-state index in [0.717, 1.165) is 6.42 Å². The van der Waals surface area contributed by atoms with Gasteiger partial charge in [-0.15, -0.1) is 0 Å². The molecule has 0 spiro atoms. The van der Waals surface area contributed by atoms with Crippen molar-refractivity contribution in [3.05, 3.63) is 24.3 Å². The van der Waals surface area contributed by atoms with Crippen molar-refractivity contribution in [3.63, 3.8) is 0 Å². The second kappa shape index (κ2) is 6.63. The van der Waals surface area contributed by atoms with Crippen LogP contribution in [-0.4, -0.2) is 33.5 Å². The second-order valence-corrected chi connectivity index (χ2v) is 8.25. The van der Waals surface area contributed by atoms with Crippen LogP contribution in [0.5, 0.6) is 0 Å². The average Bonchev–Trinajstić information content (AvgIpc) is 2.84. The molecule has 0 bridgehead atoms. The van der Waals surface area contributed by atoms with Gasteiger partial charge < -0.3 is 10.6 Å². The quantitative estimate of drug-likeness (QED) is 0.899. The van der Waals surface area contributed by atoms with Crippen molar-refractivity contribution in [2.24, 2.45) is 0 Å². The molecule has 1 aromatic carbocycles. The number of amides is 2. The molecular formula is C14H20N2O2S2. The standard InChI is InChI=1S/C14H20N2O2S2/c1-14(7-4-8-19-14)10-15-13(17)16-11-5-3-6-12(9-11)20(2)18/h3,5-6,9H,4,7-8,10H2,1-2H3,(H2,15,16,17)/t14-,20-/m1/s1. The van der Waals surface area contributed by atoms with Crippen LogP contribution in [0.4, 0.5) is 10.5 Å². The summed E-state index contributed by atoms with van der Waals surface area (Å²) in [6, 6.07) is 6.90. The van der Waals surface area contributed by atoms with Gasteiger partial charge in [0.05, 0.1) is 0 Å². The number of rotatable bonds is 4. The summed E-state index contributed by atoms with van der Waals surface area (Å²) >= 11 is 1.92. The van der Waals surface area contributed by atoms with Crippen LogP contribution in [0.1, 0.15) is 19.8 Å². The van der Waals surface area contributed by atoms with E-state index in [1.165, 1.54) is 12.2 Å². The SMILES string of the molecule is C[S@@](=O)c1cccc(NC(=O)NC[C@@]2(C)CCCS2)c1. The van der Waals surface area contributed by atoms with Crippen molar-refractivity contribution in [3.8, 4) is 0 Å². The minimum atomic E-state index is -1.04. The number of hydrogen-bond donors (Lipinski definition) is 2. The molecule has 2 atom stereocenters. The van der Waals surface area contributed by atoms with Crippen molar-refractivity contribution in [2.75, 3.05) is 23.9 Å². The average molecular weight is 312 g/mol. The predicted octanol–water partition coefficient (Wildman–Crippen LogP) is 2.83. The molecule has 6 heteroatoms. The highest BCUT2D eigenvalue weighted by Gasteiger charge is 2.29. The first-order valence-corrected chi connectivity index (χ1v) is 9.15. The van der Waals surface area contributed by atoms with E-state index >= 15 is 0 Å². The summed E-state index contributed by atoms with van der Waals surface area (Å²) in [7, 11) is -1.04. The van der Waals surface area contributed by atoms with Crippen LogP contribution in [0, 0.1) is 0 Å². The lowest BCUT2D eigenvalue weighted by atomic mass is 10.1. The normalized spacial score (nSPS) is 23.3. The first kappa shape index (κ1) is 15.4. The third-order valence-corrected chi connectivity index (χ3v) is 5.80. The van der Waals surface area contributed by atoms with Gasteiger partial charge in [-0.25, -0.2) is 4.79 Å². The summed E-state index contributed by atoms with van der Waals surface area (Å²) in [6.45, 7) is 2.86. The van der Waals surface area contributed by atoms with Crippen LogP contribution in [0.25, 0.3) is 0 Å². The number of carbonyl (C=O) groups excluding carboxylic acids is 1. The molecule has 0 aromatic heterocycles. The fourth-order valence-corrected chi connectivity index (χ4v) is 3.98. The molecule has 20 heavy (non-hydrogen) atoms. The second-order valence-electron chi connectivity index (χ2n) is 5.19. The topological polar surface area (TPSA) is 58.2 Å². The van der Waals surface area contributed by atoms with E-state index in [4.69, 9.17) is 0 Å². The van der Waals surface area contributed by atoms with Crippen LogP contribution in [0.3, 0.4) is 0 Å². The number of thioether (sulfide) groups is 1. The number of urea groups is 1. The molecule has 2 rings (SSSR count). The fraction of sp³-hybridized carbons (Fsp3) is 0.500. The Morgan fingerprint density at radius 3 is 2.95 bits per heavy atom. The highest BCUT2D eigenvalue weighted by atomic mass is 32.2. The molecule has 1 heterocycles. The van der Waals surface area contributed by atoms with Crippen LogP contribution in [0.2, 0.25) is 0 Å². The Hall–Kier alpha value is -1.01. The Bertz CT molecular complexity index is 514. The fourth-order valence-electron chi connectivity index (χ4n) is 2.17. The summed E-state index contributed by atoms with van der Waals surface area (Å²) in [5.41, 5.74) is 0.666. The summed E-state index contributed by atoms with van der Waals surface area (Å²) < 4.78 is 11.6. The Labute approximate surface area is 126 Å². The number of hydrogen-bond acceptors (Lipinski definition) is 3. The van der Waals surface area contributed by atoms with E-state index in [9.17, 15) is 9.00 Å². The molecule has 2 N–H and O–H groups in total. The maximum Gasteiger partial charge on any atom is 0.319 e. The first-order valence-electron chi connectivity index (χ1n) is 6.61. The van der Waals surface area contributed by atoms with Gasteiger partial charge in [-0.2, -0.15) is 11.8 Å². The van der Waals surface area contributed by atoms with Crippen molar-refractivity contribution in [2.45, 2.75) is 29.4 Å². The molecule has 4 nitrogen and oxygen atoms in total. The van der Waals surface area contributed by atoms with E-state index < -0.39 is 10.8 Å². The molecule has 110 valence electrons. The van der Waals surface area contributed by atoms with Gasteiger partial charge in [-0.3, -0.25) is 4.21 Å². The lowest BCUT2D eigenvalue weighted by molar-refractivity contribution is 0.251. The van der Waals surface area contributed by atoms with Crippen molar-refractivity contribution < 1.29 is 9.00 Å². The van der Waals surface area contributed by atoms with Crippen molar-refractivity contribution in [1.82, 2.24) is 5.32 Å². The zero-order valence-corrected chi connectivity index (χ0v) is 13.4. The van der Waals surface area contributed by atoms with Gasteiger partial charge in [0, 0.05) is 38.9 Å². The first-order chi connectivity index (χ1) is 9.48.